The number of pyridine rings is 1. The van der Waals surface area contributed by atoms with Gasteiger partial charge < -0.3 is 0 Å². The SMILES string of the molecule is CC(C)(C)c1ccc(Cl)n2c(NS(C)(=O)=O)nnc12. The van der Waals surface area contributed by atoms with E-state index in [2.05, 4.69) is 14.9 Å². The van der Waals surface area contributed by atoms with Crippen molar-refractivity contribution in [3.8, 4) is 0 Å². The zero-order valence-electron chi connectivity index (χ0n) is 11.1. The van der Waals surface area contributed by atoms with Gasteiger partial charge in [-0.05, 0) is 11.5 Å². The molecule has 0 aliphatic heterocycles. The van der Waals surface area contributed by atoms with Crippen molar-refractivity contribution in [2.24, 2.45) is 0 Å². The van der Waals surface area contributed by atoms with Gasteiger partial charge >= 0.3 is 0 Å². The fourth-order valence-electron chi connectivity index (χ4n) is 1.78. The number of halogens is 1. The van der Waals surface area contributed by atoms with E-state index in [0.717, 1.165) is 11.8 Å². The van der Waals surface area contributed by atoms with E-state index in [1.165, 1.54) is 4.40 Å². The van der Waals surface area contributed by atoms with Crippen LogP contribution in [0.2, 0.25) is 5.15 Å². The Morgan fingerprint density at radius 2 is 1.89 bits per heavy atom. The van der Waals surface area contributed by atoms with Crippen LogP contribution in [-0.2, 0) is 15.4 Å². The van der Waals surface area contributed by atoms with Crippen molar-refractivity contribution in [1.29, 1.82) is 0 Å². The first-order chi connectivity index (χ1) is 8.59. The van der Waals surface area contributed by atoms with Gasteiger partial charge in [-0.15, -0.1) is 10.2 Å². The van der Waals surface area contributed by atoms with E-state index >= 15 is 0 Å². The van der Waals surface area contributed by atoms with Crippen LogP contribution in [-0.4, -0.2) is 29.3 Å². The van der Waals surface area contributed by atoms with Crippen LogP contribution < -0.4 is 4.72 Å². The summed E-state index contributed by atoms with van der Waals surface area (Å²) in [7, 11) is -3.44. The molecule has 0 radical (unpaired) electrons. The molecule has 0 atom stereocenters. The van der Waals surface area contributed by atoms with Gasteiger partial charge in [0.25, 0.3) is 0 Å². The highest BCUT2D eigenvalue weighted by Gasteiger charge is 2.22. The molecule has 0 saturated carbocycles. The third kappa shape index (κ3) is 2.82. The van der Waals surface area contributed by atoms with Crippen molar-refractivity contribution in [3.63, 3.8) is 0 Å². The molecule has 2 rings (SSSR count). The molecule has 8 heteroatoms. The number of aromatic nitrogens is 3. The summed E-state index contributed by atoms with van der Waals surface area (Å²) in [6.45, 7) is 6.11. The molecule has 0 unspecified atom stereocenters. The van der Waals surface area contributed by atoms with E-state index in [1.54, 1.807) is 6.07 Å². The molecule has 0 aliphatic rings. The fourth-order valence-corrected chi connectivity index (χ4v) is 2.47. The highest BCUT2D eigenvalue weighted by molar-refractivity contribution is 7.91. The minimum absolute atomic E-state index is 0.0913. The molecule has 6 nitrogen and oxygen atoms in total. The summed E-state index contributed by atoms with van der Waals surface area (Å²) in [4.78, 5) is 0. The number of nitrogens with one attached hydrogen (secondary N) is 1. The summed E-state index contributed by atoms with van der Waals surface area (Å²) >= 11 is 6.10. The van der Waals surface area contributed by atoms with Crippen LogP contribution in [0.25, 0.3) is 5.65 Å². The second kappa shape index (κ2) is 4.35. The monoisotopic (exact) mass is 302 g/mol. The molecule has 104 valence electrons. The Kier molecular flexibility index (Phi) is 3.22. The van der Waals surface area contributed by atoms with Crippen molar-refractivity contribution >= 4 is 33.2 Å². The topological polar surface area (TPSA) is 76.4 Å². The minimum atomic E-state index is -3.44. The normalized spacial score (nSPS) is 12.9. The van der Waals surface area contributed by atoms with Crippen LogP contribution in [0.3, 0.4) is 0 Å². The predicted molar refractivity (Wildman–Crippen MR) is 75.2 cm³/mol. The molecule has 2 heterocycles. The molecule has 1 N–H and O–H groups in total. The maximum absolute atomic E-state index is 11.3. The fraction of sp³-hybridized carbons (Fsp3) is 0.455. The lowest BCUT2D eigenvalue weighted by Crippen LogP contribution is -2.15. The first-order valence-corrected chi connectivity index (χ1v) is 7.88. The number of anilines is 1. The highest BCUT2D eigenvalue weighted by atomic mass is 35.5. The largest absolute Gasteiger partial charge is 0.251 e. The van der Waals surface area contributed by atoms with Gasteiger partial charge in [-0.3, -0.25) is 9.12 Å². The number of rotatable bonds is 2. The molecule has 19 heavy (non-hydrogen) atoms. The number of fused-ring (bicyclic) bond motifs is 1. The van der Waals surface area contributed by atoms with Gasteiger partial charge in [0.05, 0.1) is 6.26 Å². The van der Waals surface area contributed by atoms with Crippen LogP contribution >= 0.6 is 11.6 Å². The van der Waals surface area contributed by atoms with E-state index < -0.39 is 10.0 Å². The van der Waals surface area contributed by atoms with Crippen LogP contribution in [0.15, 0.2) is 12.1 Å². The van der Waals surface area contributed by atoms with E-state index in [4.69, 9.17) is 11.6 Å². The molecule has 2 aromatic rings. The lowest BCUT2D eigenvalue weighted by molar-refractivity contribution is 0.591. The van der Waals surface area contributed by atoms with Gasteiger partial charge in [0, 0.05) is 5.56 Å². The van der Waals surface area contributed by atoms with Gasteiger partial charge in [0.2, 0.25) is 16.0 Å². The van der Waals surface area contributed by atoms with Crippen LogP contribution in [0, 0.1) is 0 Å². The van der Waals surface area contributed by atoms with E-state index in [-0.39, 0.29) is 11.4 Å². The molecule has 0 fully saturated rings. The van der Waals surface area contributed by atoms with Crippen molar-refractivity contribution in [2.75, 3.05) is 11.0 Å². The highest BCUT2D eigenvalue weighted by Crippen LogP contribution is 2.29. The molecule has 0 aliphatic carbocycles. The van der Waals surface area contributed by atoms with Gasteiger partial charge in [-0.25, -0.2) is 8.42 Å². The van der Waals surface area contributed by atoms with Gasteiger partial charge in [-0.2, -0.15) is 0 Å². The molecular formula is C11H15ClN4O2S. The van der Waals surface area contributed by atoms with Gasteiger partial charge in [0.1, 0.15) is 5.15 Å². The van der Waals surface area contributed by atoms with Crippen LogP contribution in [0.4, 0.5) is 5.95 Å². The molecule has 0 saturated heterocycles. The molecular weight excluding hydrogens is 288 g/mol. The lowest BCUT2D eigenvalue weighted by atomic mass is 9.88. The lowest BCUT2D eigenvalue weighted by Gasteiger charge is -2.19. The Balaban J connectivity index is 2.73. The maximum atomic E-state index is 11.3. The van der Waals surface area contributed by atoms with Crippen molar-refractivity contribution in [2.45, 2.75) is 26.2 Å². The zero-order chi connectivity index (χ0) is 14.4. The van der Waals surface area contributed by atoms with Crippen LogP contribution in [0.5, 0.6) is 0 Å². The molecule has 0 aromatic carbocycles. The zero-order valence-corrected chi connectivity index (χ0v) is 12.7. The quantitative estimate of drug-likeness (QED) is 0.861. The average Bonchev–Trinajstić information content (AvgIpc) is 2.58. The van der Waals surface area contributed by atoms with Gasteiger partial charge in [-0.1, -0.05) is 38.4 Å². The molecule has 0 spiro atoms. The van der Waals surface area contributed by atoms with Gasteiger partial charge in [0.15, 0.2) is 5.65 Å². The Labute approximate surface area is 116 Å². The number of hydrogen-bond donors (Lipinski definition) is 1. The Hall–Kier alpha value is -1.34. The van der Waals surface area contributed by atoms with E-state index in [1.807, 2.05) is 26.8 Å². The first kappa shape index (κ1) is 14.1. The van der Waals surface area contributed by atoms with Crippen molar-refractivity contribution < 1.29 is 8.42 Å². The summed E-state index contributed by atoms with van der Waals surface area (Å²) in [5.41, 5.74) is 1.33. The number of hydrogen-bond acceptors (Lipinski definition) is 4. The standard InChI is InChI=1S/C11H15ClN4O2S/c1-11(2,3)7-5-6-8(12)16-9(7)13-14-10(16)15-19(4,17)18/h5-6H,1-4H3,(H,14,15). The van der Waals surface area contributed by atoms with E-state index in [0.29, 0.717) is 10.8 Å². The second-order valence-corrected chi connectivity index (χ2v) is 7.51. The number of sulfonamides is 1. The van der Waals surface area contributed by atoms with Crippen LogP contribution in [0.1, 0.15) is 26.3 Å². The summed E-state index contributed by atoms with van der Waals surface area (Å²) in [5.74, 6) is 0.0913. The van der Waals surface area contributed by atoms with E-state index in [9.17, 15) is 8.42 Å². The summed E-state index contributed by atoms with van der Waals surface area (Å²) in [6.07, 6.45) is 1.05. The Bertz CT molecular complexity index is 731. The Morgan fingerprint density at radius 3 is 2.42 bits per heavy atom. The third-order valence-electron chi connectivity index (χ3n) is 2.59. The minimum Gasteiger partial charge on any atom is -0.251 e. The number of nitrogens with zero attached hydrogens (tertiary/aromatic N) is 3. The summed E-state index contributed by atoms with van der Waals surface area (Å²) in [5, 5.41) is 8.23. The smallest absolute Gasteiger partial charge is 0.243 e. The second-order valence-electron chi connectivity index (χ2n) is 5.38. The van der Waals surface area contributed by atoms with Crippen molar-refractivity contribution in [3.05, 3.63) is 22.8 Å². The maximum Gasteiger partial charge on any atom is 0.243 e. The summed E-state index contributed by atoms with van der Waals surface area (Å²) < 4.78 is 26.4. The molecule has 0 bridgehead atoms. The first-order valence-electron chi connectivity index (χ1n) is 5.61. The predicted octanol–water partition coefficient (Wildman–Crippen LogP) is 2.05. The Morgan fingerprint density at radius 1 is 1.26 bits per heavy atom. The average molecular weight is 303 g/mol. The van der Waals surface area contributed by atoms with Crippen molar-refractivity contribution in [1.82, 2.24) is 14.6 Å². The molecule has 0 amide bonds. The third-order valence-corrected chi connectivity index (χ3v) is 3.44. The molecule has 2 aromatic heterocycles. The summed E-state index contributed by atoms with van der Waals surface area (Å²) in [6, 6.07) is 3.57.